The van der Waals surface area contributed by atoms with Crippen molar-refractivity contribution in [2.45, 2.75) is 25.3 Å². The van der Waals surface area contributed by atoms with Gasteiger partial charge in [-0.25, -0.2) is 0 Å². The van der Waals surface area contributed by atoms with Gasteiger partial charge in [0.05, 0.1) is 4.88 Å². The van der Waals surface area contributed by atoms with Gasteiger partial charge in [-0.15, -0.1) is 23.7 Å². The highest BCUT2D eigenvalue weighted by molar-refractivity contribution is 7.12. The van der Waals surface area contributed by atoms with Gasteiger partial charge in [-0.05, 0) is 36.1 Å². The van der Waals surface area contributed by atoms with E-state index in [0.717, 1.165) is 25.9 Å². The van der Waals surface area contributed by atoms with Crippen molar-refractivity contribution in [2.24, 2.45) is 17.6 Å². The minimum atomic E-state index is -0.0990. The van der Waals surface area contributed by atoms with E-state index in [0.29, 0.717) is 29.7 Å². The topological polar surface area (TPSA) is 75.4 Å². The van der Waals surface area contributed by atoms with Crippen LogP contribution < -0.4 is 11.1 Å². The summed E-state index contributed by atoms with van der Waals surface area (Å²) >= 11 is 1.41. The molecule has 2 amide bonds. The Kier molecular flexibility index (Phi) is 5.83. The van der Waals surface area contributed by atoms with E-state index in [1.165, 1.54) is 11.3 Å². The van der Waals surface area contributed by atoms with Crippen LogP contribution in [0.15, 0.2) is 17.5 Å². The van der Waals surface area contributed by atoms with Crippen LogP contribution in [0.4, 0.5) is 0 Å². The van der Waals surface area contributed by atoms with Crippen molar-refractivity contribution in [3.05, 3.63) is 22.4 Å². The zero-order valence-corrected chi connectivity index (χ0v) is 14.0. The van der Waals surface area contributed by atoms with Crippen molar-refractivity contribution in [2.75, 3.05) is 19.6 Å². The lowest BCUT2D eigenvalue weighted by atomic mass is 9.98. The van der Waals surface area contributed by atoms with Gasteiger partial charge in [0.2, 0.25) is 5.91 Å². The first-order valence-electron chi connectivity index (χ1n) is 7.50. The number of rotatable bonds is 4. The highest BCUT2D eigenvalue weighted by Crippen LogP contribution is 2.37. The summed E-state index contributed by atoms with van der Waals surface area (Å²) in [7, 11) is 0. The van der Waals surface area contributed by atoms with Gasteiger partial charge >= 0.3 is 0 Å². The van der Waals surface area contributed by atoms with Crippen LogP contribution >= 0.6 is 23.7 Å². The summed E-state index contributed by atoms with van der Waals surface area (Å²) in [5.41, 5.74) is 6.08. The first-order chi connectivity index (χ1) is 10.1. The zero-order valence-electron chi connectivity index (χ0n) is 12.4. The Morgan fingerprint density at radius 3 is 2.86 bits per heavy atom. The molecule has 3 unspecified atom stereocenters. The predicted molar refractivity (Wildman–Crippen MR) is 89.3 cm³/mol. The number of likely N-dealkylation sites (tertiary alicyclic amines) is 1. The molecule has 1 aromatic heterocycles. The Morgan fingerprint density at radius 1 is 1.36 bits per heavy atom. The Hall–Kier alpha value is -1.11. The summed E-state index contributed by atoms with van der Waals surface area (Å²) in [5.74, 6) is 1.10. The average Bonchev–Trinajstić information content (AvgIpc) is 3.17. The lowest BCUT2D eigenvalue weighted by Gasteiger charge is -2.18. The zero-order chi connectivity index (χ0) is 14.8. The van der Waals surface area contributed by atoms with E-state index in [-0.39, 0.29) is 30.3 Å². The molecule has 3 N–H and O–H groups in total. The molecular formula is C15H22ClN3O2S. The standard InChI is InChI=1S/C15H21N3O2S.ClH/c16-12-4-3-10-8-18(9-11(10)12)14(19)5-6-17-15(20)13-2-1-7-21-13;/h1-2,7,10-12H,3-6,8-9,16H2,(H,17,20);1H. The molecule has 22 heavy (non-hydrogen) atoms. The fourth-order valence-corrected chi connectivity index (χ4v) is 4.09. The van der Waals surface area contributed by atoms with Crippen molar-refractivity contribution in [3.63, 3.8) is 0 Å². The molecule has 0 spiro atoms. The lowest BCUT2D eigenvalue weighted by Crippen LogP contribution is -2.35. The van der Waals surface area contributed by atoms with E-state index in [2.05, 4.69) is 5.32 Å². The molecule has 2 heterocycles. The third kappa shape index (κ3) is 3.62. The molecule has 7 heteroatoms. The molecule has 122 valence electrons. The Morgan fingerprint density at radius 2 is 2.18 bits per heavy atom. The third-order valence-corrected chi connectivity index (χ3v) is 5.50. The van der Waals surface area contributed by atoms with Gasteiger partial charge in [0.25, 0.3) is 5.91 Å². The summed E-state index contributed by atoms with van der Waals surface area (Å²) < 4.78 is 0. The van der Waals surface area contributed by atoms with Crippen LogP contribution in [-0.4, -0.2) is 42.4 Å². The van der Waals surface area contributed by atoms with E-state index in [9.17, 15) is 9.59 Å². The van der Waals surface area contributed by atoms with Crippen molar-refractivity contribution in [3.8, 4) is 0 Å². The molecule has 3 atom stereocenters. The largest absolute Gasteiger partial charge is 0.351 e. The van der Waals surface area contributed by atoms with E-state index in [1.54, 1.807) is 6.07 Å². The number of amides is 2. The number of thiophene rings is 1. The first-order valence-corrected chi connectivity index (χ1v) is 8.38. The molecule has 1 aliphatic carbocycles. The van der Waals surface area contributed by atoms with Gasteiger partial charge in [0, 0.05) is 32.1 Å². The van der Waals surface area contributed by atoms with Crippen molar-refractivity contribution < 1.29 is 9.59 Å². The molecule has 2 aliphatic rings. The number of halogens is 1. The molecule has 2 fully saturated rings. The maximum atomic E-state index is 12.2. The van der Waals surface area contributed by atoms with Crippen LogP contribution in [0.25, 0.3) is 0 Å². The highest BCUT2D eigenvalue weighted by Gasteiger charge is 2.42. The second-order valence-electron chi connectivity index (χ2n) is 5.95. The number of carbonyl (C=O) groups is 2. The van der Waals surface area contributed by atoms with Crippen LogP contribution in [0.2, 0.25) is 0 Å². The van der Waals surface area contributed by atoms with Crippen LogP contribution in [0, 0.1) is 11.8 Å². The maximum absolute atomic E-state index is 12.2. The van der Waals surface area contributed by atoms with E-state index in [1.807, 2.05) is 16.3 Å². The van der Waals surface area contributed by atoms with E-state index < -0.39 is 0 Å². The van der Waals surface area contributed by atoms with Crippen LogP contribution in [0.1, 0.15) is 28.9 Å². The molecule has 1 saturated heterocycles. The van der Waals surface area contributed by atoms with Crippen LogP contribution in [0.5, 0.6) is 0 Å². The molecular weight excluding hydrogens is 322 g/mol. The molecule has 0 radical (unpaired) electrons. The molecule has 0 bridgehead atoms. The second kappa shape index (κ2) is 7.44. The molecule has 1 aromatic rings. The number of nitrogens with zero attached hydrogens (tertiary/aromatic N) is 1. The number of nitrogens with two attached hydrogens (primary N) is 1. The lowest BCUT2D eigenvalue weighted by molar-refractivity contribution is -0.130. The second-order valence-corrected chi connectivity index (χ2v) is 6.89. The highest BCUT2D eigenvalue weighted by atomic mass is 35.5. The van der Waals surface area contributed by atoms with Gasteiger partial charge in [-0.2, -0.15) is 0 Å². The monoisotopic (exact) mass is 343 g/mol. The molecule has 0 aromatic carbocycles. The summed E-state index contributed by atoms with van der Waals surface area (Å²) in [6.07, 6.45) is 2.60. The molecule has 5 nitrogen and oxygen atoms in total. The van der Waals surface area contributed by atoms with E-state index in [4.69, 9.17) is 5.73 Å². The maximum Gasteiger partial charge on any atom is 0.261 e. The van der Waals surface area contributed by atoms with Gasteiger partial charge in [0.1, 0.15) is 0 Å². The SMILES string of the molecule is Cl.NC1CCC2CN(C(=O)CCNC(=O)c3cccs3)CC12. The average molecular weight is 344 g/mol. The van der Waals surface area contributed by atoms with Gasteiger partial charge < -0.3 is 16.0 Å². The van der Waals surface area contributed by atoms with Crippen molar-refractivity contribution >= 4 is 35.6 Å². The summed E-state index contributed by atoms with van der Waals surface area (Å²) in [6.45, 7) is 2.03. The molecule has 3 rings (SSSR count). The van der Waals surface area contributed by atoms with Gasteiger partial charge in [0.15, 0.2) is 0 Å². The van der Waals surface area contributed by atoms with Crippen molar-refractivity contribution in [1.29, 1.82) is 0 Å². The fourth-order valence-electron chi connectivity index (χ4n) is 3.45. The minimum Gasteiger partial charge on any atom is -0.351 e. The number of hydrogen-bond acceptors (Lipinski definition) is 4. The third-order valence-electron chi connectivity index (χ3n) is 4.63. The van der Waals surface area contributed by atoms with E-state index >= 15 is 0 Å². The minimum absolute atomic E-state index is 0. The predicted octanol–water partition coefficient (Wildman–Crippen LogP) is 1.49. The number of hydrogen-bond donors (Lipinski definition) is 2. The molecule has 1 saturated carbocycles. The Bertz CT molecular complexity index is 523. The Labute approximate surface area is 140 Å². The summed E-state index contributed by atoms with van der Waals surface area (Å²) in [4.78, 5) is 26.6. The summed E-state index contributed by atoms with van der Waals surface area (Å²) in [6, 6.07) is 3.88. The van der Waals surface area contributed by atoms with Crippen LogP contribution in [0.3, 0.4) is 0 Å². The van der Waals surface area contributed by atoms with Crippen molar-refractivity contribution in [1.82, 2.24) is 10.2 Å². The fraction of sp³-hybridized carbons (Fsp3) is 0.600. The number of fused-ring (bicyclic) bond motifs is 1. The van der Waals surface area contributed by atoms with Gasteiger partial charge in [-0.3, -0.25) is 9.59 Å². The molecule has 1 aliphatic heterocycles. The number of nitrogens with one attached hydrogen (secondary N) is 1. The quantitative estimate of drug-likeness (QED) is 0.869. The first kappa shape index (κ1) is 17.2. The number of carbonyl (C=O) groups excluding carboxylic acids is 2. The van der Waals surface area contributed by atoms with Crippen LogP contribution in [-0.2, 0) is 4.79 Å². The smallest absolute Gasteiger partial charge is 0.261 e. The normalized spacial score (nSPS) is 26.4. The van der Waals surface area contributed by atoms with Gasteiger partial charge in [-0.1, -0.05) is 6.07 Å². The Balaban J connectivity index is 0.00000176. The summed E-state index contributed by atoms with van der Waals surface area (Å²) in [5, 5.41) is 4.67.